The van der Waals surface area contributed by atoms with Crippen LogP contribution in [0.1, 0.15) is 18.0 Å². The topological polar surface area (TPSA) is 45.5 Å². The van der Waals surface area contributed by atoms with Gasteiger partial charge >= 0.3 is 0 Å². The van der Waals surface area contributed by atoms with E-state index in [0.717, 1.165) is 37.7 Å². The number of rotatable bonds is 6. The number of nitrogens with zero attached hydrogens (tertiary/aromatic N) is 2. The van der Waals surface area contributed by atoms with Gasteiger partial charge in [-0.2, -0.15) is 11.8 Å². The van der Waals surface area contributed by atoms with Gasteiger partial charge in [0.2, 0.25) is 0 Å². The van der Waals surface area contributed by atoms with E-state index >= 15 is 0 Å². The second-order valence-electron chi connectivity index (χ2n) is 6.40. The van der Waals surface area contributed by atoms with Crippen LogP contribution in [0.15, 0.2) is 35.6 Å². The zero-order valence-corrected chi connectivity index (χ0v) is 13.7. The van der Waals surface area contributed by atoms with Crippen LogP contribution in [-0.2, 0) is 6.54 Å². The SMILES string of the molecule is C=CCSC[C@H](O)CN1C[C@@H]2C[C@H](C1)c1cccc(=O)n1C2. The van der Waals surface area contributed by atoms with Crippen molar-refractivity contribution >= 4 is 11.8 Å². The van der Waals surface area contributed by atoms with Crippen LogP contribution < -0.4 is 5.56 Å². The molecule has 0 unspecified atom stereocenters. The molecule has 4 nitrogen and oxygen atoms in total. The summed E-state index contributed by atoms with van der Waals surface area (Å²) >= 11 is 1.72. The van der Waals surface area contributed by atoms with E-state index in [9.17, 15) is 9.90 Å². The molecule has 1 fully saturated rings. The van der Waals surface area contributed by atoms with Crippen molar-refractivity contribution in [1.82, 2.24) is 9.47 Å². The number of aliphatic hydroxyl groups excluding tert-OH is 1. The van der Waals surface area contributed by atoms with Crippen molar-refractivity contribution in [2.45, 2.75) is 25.0 Å². The number of hydrogen-bond acceptors (Lipinski definition) is 4. The van der Waals surface area contributed by atoms with Crippen LogP contribution in [0, 0.1) is 5.92 Å². The predicted octanol–water partition coefficient (Wildman–Crippen LogP) is 1.55. The maximum atomic E-state index is 12.0. The van der Waals surface area contributed by atoms with Gasteiger partial charge in [0.15, 0.2) is 0 Å². The molecule has 2 aliphatic rings. The first-order valence-corrected chi connectivity index (χ1v) is 9.11. The van der Waals surface area contributed by atoms with E-state index in [1.807, 2.05) is 16.7 Å². The Bertz CT molecular complexity index is 586. The molecule has 3 rings (SSSR count). The molecule has 2 bridgehead atoms. The average Bonchev–Trinajstić information content (AvgIpc) is 2.48. The largest absolute Gasteiger partial charge is 0.391 e. The van der Waals surface area contributed by atoms with E-state index < -0.39 is 0 Å². The van der Waals surface area contributed by atoms with Gasteiger partial charge in [-0.25, -0.2) is 0 Å². The minimum Gasteiger partial charge on any atom is -0.391 e. The first-order chi connectivity index (χ1) is 10.7. The smallest absolute Gasteiger partial charge is 0.250 e. The van der Waals surface area contributed by atoms with E-state index in [1.165, 1.54) is 12.1 Å². The molecule has 22 heavy (non-hydrogen) atoms. The third kappa shape index (κ3) is 3.47. The van der Waals surface area contributed by atoms with Crippen LogP contribution in [0.2, 0.25) is 0 Å². The zero-order chi connectivity index (χ0) is 15.5. The van der Waals surface area contributed by atoms with Crippen LogP contribution >= 0.6 is 11.8 Å². The summed E-state index contributed by atoms with van der Waals surface area (Å²) in [4.78, 5) is 14.4. The Hall–Kier alpha value is -1.04. The lowest BCUT2D eigenvalue weighted by Crippen LogP contribution is -2.49. The van der Waals surface area contributed by atoms with Gasteiger partial charge in [0.25, 0.3) is 5.56 Å². The van der Waals surface area contributed by atoms with Gasteiger partial charge in [-0.05, 0) is 18.4 Å². The summed E-state index contributed by atoms with van der Waals surface area (Å²) in [5.41, 5.74) is 1.30. The summed E-state index contributed by atoms with van der Waals surface area (Å²) in [6.07, 6.45) is 2.75. The third-order valence-corrected chi connectivity index (χ3v) is 5.66. The van der Waals surface area contributed by atoms with Gasteiger partial charge in [-0.3, -0.25) is 9.69 Å². The lowest BCUT2D eigenvalue weighted by Gasteiger charge is -2.43. The van der Waals surface area contributed by atoms with Crippen LogP contribution in [0.4, 0.5) is 0 Å². The van der Waals surface area contributed by atoms with E-state index in [1.54, 1.807) is 17.8 Å². The van der Waals surface area contributed by atoms with Gasteiger partial charge in [-0.1, -0.05) is 12.1 Å². The first-order valence-electron chi connectivity index (χ1n) is 7.96. The molecular weight excluding hydrogens is 296 g/mol. The Morgan fingerprint density at radius 3 is 3.09 bits per heavy atom. The van der Waals surface area contributed by atoms with Gasteiger partial charge < -0.3 is 9.67 Å². The fourth-order valence-electron chi connectivity index (χ4n) is 3.78. The molecule has 120 valence electrons. The summed E-state index contributed by atoms with van der Waals surface area (Å²) in [6, 6.07) is 5.61. The standard InChI is InChI=1S/C17H24N2O2S/c1-2-6-22-12-15(20)11-18-8-13-7-14(10-18)16-4-3-5-17(21)19(16)9-13/h2-5,13-15,20H,1,6-12H2/t13-,14+,15+/m0/s1. The molecular formula is C17H24N2O2S. The van der Waals surface area contributed by atoms with Gasteiger partial charge in [0, 0.05) is 55.4 Å². The van der Waals surface area contributed by atoms with Crippen molar-refractivity contribution in [3.05, 3.63) is 46.9 Å². The second kappa shape index (κ2) is 7.02. The maximum absolute atomic E-state index is 12.0. The molecule has 0 saturated carbocycles. The Kier molecular flexibility index (Phi) is 5.06. The Labute approximate surface area is 135 Å². The van der Waals surface area contributed by atoms with Crippen LogP contribution in [0.3, 0.4) is 0 Å². The van der Waals surface area contributed by atoms with Crippen LogP contribution in [0.5, 0.6) is 0 Å². The molecule has 0 spiro atoms. The quantitative estimate of drug-likeness (QED) is 0.638. The fraction of sp³-hybridized carbons (Fsp3) is 0.588. The summed E-state index contributed by atoms with van der Waals surface area (Å²) in [6.45, 7) is 7.19. The highest BCUT2D eigenvalue weighted by Gasteiger charge is 2.34. The molecule has 0 aliphatic carbocycles. The Balaban J connectivity index is 1.63. The number of aromatic nitrogens is 1. The molecule has 5 heteroatoms. The highest BCUT2D eigenvalue weighted by Crippen LogP contribution is 2.34. The van der Waals surface area contributed by atoms with E-state index in [-0.39, 0.29) is 11.7 Å². The lowest BCUT2D eigenvalue weighted by molar-refractivity contribution is 0.0717. The molecule has 1 saturated heterocycles. The lowest BCUT2D eigenvalue weighted by atomic mass is 9.83. The second-order valence-corrected chi connectivity index (χ2v) is 7.47. The number of hydrogen-bond donors (Lipinski definition) is 1. The molecule has 0 amide bonds. The van der Waals surface area contributed by atoms with E-state index in [0.29, 0.717) is 11.8 Å². The number of likely N-dealkylation sites (tertiary alicyclic amines) is 1. The number of β-amino-alcohol motifs (C(OH)–C–C–N with tert-alkyl or cyclic N) is 1. The third-order valence-electron chi connectivity index (χ3n) is 4.57. The van der Waals surface area contributed by atoms with Crippen molar-refractivity contribution in [3.63, 3.8) is 0 Å². The molecule has 1 aromatic heterocycles. The predicted molar refractivity (Wildman–Crippen MR) is 91.5 cm³/mol. The first kappa shape index (κ1) is 15.8. The highest BCUT2D eigenvalue weighted by molar-refractivity contribution is 7.99. The number of aliphatic hydroxyl groups is 1. The molecule has 0 aromatic carbocycles. The maximum Gasteiger partial charge on any atom is 0.250 e. The summed E-state index contributed by atoms with van der Waals surface area (Å²) in [7, 11) is 0. The molecule has 0 radical (unpaired) electrons. The van der Waals surface area contributed by atoms with Crippen molar-refractivity contribution in [3.8, 4) is 0 Å². The summed E-state index contributed by atoms with van der Waals surface area (Å²) in [5.74, 6) is 2.60. The van der Waals surface area contributed by atoms with Gasteiger partial charge in [0.1, 0.15) is 0 Å². The van der Waals surface area contributed by atoms with Crippen LogP contribution in [0.25, 0.3) is 0 Å². The average molecular weight is 320 g/mol. The Morgan fingerprint density at radius 1 is 1.41 bits per heavy atom. The number of thioether (sulfide) groups is 1. The highest BCUT2D eigenvalue weighted by atomic mass is 32.2. The minimum atomic E-state index is -0.290. The molecule has 1 N–H and O–H groups in total. The monoisotopic (exact) mass is 320 g/mol. The minimum absolute atomic E-state index is 0.126. The number of piperidine rings is 1. The van der Waals surface area contributed by atoms with Crippen molar-refractivity contribution < 1.29 is 5.11 Å². The van der Waals surface area contributed by atoms with Gasteiger partial charge in [-0.15, -0.1) is 6.58 Å². The summed E-state index contributed by atoms with van der Waals surface area (Å²) in [5, 5.41) is 10.2. The van der Waals surface area contributed by atoms with Crippen molar-refractivity contribution in [2.75, 3.05) is 31.1 Å². The summed E-state index contributed by atoms with van der Waals surface area (Å²) < 4.78 is 1.95. The van der Waals surface area contributed by atoms with Crippen molar-refractivity contribution in [1.29, 1.82) is 0 Å². The Morgan fingerprint density at radius 2 is 2.27 bits per heavy atom. The molecule has 3 atom stereocenters. The van der Waals surface area contributed by atoms with Crippen molar-refractivity contribution in [2.24, 2.45) is 5.92 Å². The number of fused-ring (bicyclic) bond motifs is 4. The fourth-order valence-corrected chi connectivity index (χ4v) is 4.46. The zero-order valence-electron chi connectivity index (χ0n) is 12.9. The van der Waals surface area contributed by atoms with E-state index in [2.05, 4.69) is 17.5 Å². The normalized spacial score (nSPS) is 25.5. The molecule has 1 aromatic rings. The number of pyridine rings is 1. The van der Waals surface area contributed by atoms with Crippen LogP contribution in [-0.4, -0.2) is 51.8 Å². The molecule has 3 heterocycles. The van der Waals surface area contributed by atoms with Gasteiger partial charge in [0.05, 0.1) is 6.10 Å². The van der Waals surface area contributed by atoms with E-state index in [4.69, 9.17) is 0 Å². The molecule has 2 aliphatic heterocycles.